The molecule has 1 fully saturated rings. The number of nitrogens with zero attached hydrogens (tertiary/aromatic N) is 3. The lowest BCUT2D eigenvalue weighted by atomic mass is 9.97. The molecule has 1 aliphatic rings. The first-order valence-corrected chi connectivity index (χ1v) is 12.1. The summed E-state index contributed by atoms with van der Waals surface area (Å²) in [5, 5.41) is 4.18. The Balaban J connectivity index is 1.51. The van der Waals surface area contributed by atoms with Gasteiger partial charge in [-0.25, -0.2) is 8.42 Å². The number of hydrogen-bond donors (Lipinski definition) is 0. The molecule has 31 heavy (non-hydrogen) atoms. The third-order valence-electron chi connectivity index (χ3n) is 6.45. The Morgan fingerprint density at radius 2 is 1.52 bits per heavy atom. The second-order valence-electron chi connectivity index (χ2n) is 8.59. The van der Waals surface area contributed by atoms with Gasteiger partial charge in [-0.15, -0.1) is 0 Å². The van der Waals surface area contributed by atoms with E-state index in [-0.39, 0.29) is 5.92 Å². The Morgan fingerprint density at radius 3 is 2.10 bits per heavy atom. The third kappa shape index (κ3) is 4.04. The molecule has 0 bridgehead atoms. The molecule has 2 heterocycles. The summed E-state index contributed by atoms with van der Waals surface area (Å²) in [6.45, 7) is 10.7. The van der Waals surface area contributed by atoms with E-state index < -0.39 is 10.0 Å². The van der Waals surface area contributed by atoms with E-state index in [2.05, 4.69) is 16.2 Å². The van der Waals surface area contributed by atoms with Crippen molar-refractivity contribution in [1.82, 2.24) is 14.4 Å². The van der Waals surface area contributed by atoms with E-state index in [4.69, 9.17) is 4.52 Å². The van der Waals surface area contributed by atoms with Crippen molar-refractivity contribution in [1.29, 1.82) is 0 Å². The predicted molar refractivity (Wildman–Crippen MR) is 121 cm³/mol. The number of benzene rings is 2. The van der Waals surface area contributed by atoms with Gasteiger partial charge in [0.2, 0.25) is 10.0 Å². The van der Waals surface area contributed by atoms with Crippen molar-refractivity contribution in [2.45, 2.75) is 58.3 Å². The molecule has 0 spiro atoms. The molecular formula is C24H29N3O3S. The average molecular weight is 440 g/mol. The number of piperidine rings is 1. The Hall–Kier alpha value is -2.51. The van der Waals surface area contributed by atoms with Crippen LogP contribution in [0.4, 0.5) is 0 Å². The zero-order valence-corrected chi connectivity index (χ0v) is 19.6. The summed E-state index contributed by atoms with van der Waals surface area (Å²) in [4.78, 5) is 5.05. The third-order valence-corrected chi connectivity index (χ3v) is 8.63. The minimum Gasteiger partial charge on any atom is -0.334 e. The number of aryl methyl sites for hydroxylation is 3. The predicted octanol–water partition coefficient (Wildman–Crippen LogP) is 4.85. The molecule has 6 nitrogen and oxygen atoms in total. The molecule has 4 rings (SSSR count). The van der Waals surface area contributed by atoms with E-state index in [9.17, 15) is 8.42 Å². The van der Waals surface area contributed by atoms with Gasteiger partial charge in [-0.05, 0) is 81.8 Å². The summed E-state index contributed by atoms with van der Waals surface area (Å²) in [5.41, 5.74) is 5.76. The van der Waals surface area contributed by atoms with Crippen molar-refractivity contribution in [3.63, 3.8) is 0 Å². The van der Waals surface area contributed by atoms with Crippen LogP contribution in [0, 0.1) is 34.6 Å². The van der Waals surface area contributed by atoms with Crippen molar-refractivity contribution in [2.75, 3.05) is 13.1 Å². The molecule has 0 saturated carbocycles. The van der Waals surface area contributed by atoms with Crippen LogP contribution in [0.3, 0.4) is 0 Å². The van der Waals surface area contributed by atoms with E-state index in [1.807, 2.05) is 58.9 Å². The standard InChI is InChI=1S/C24H29N3O3S/c1-15-6-8-21(9-7-15)24-25-23(26-30-24)20-10-12-27(13-11-20)31(28,29)22-18(4)16(2)14-17(3)19(22)5/h6-9,14,20H,10-13H2,1-5H3. The lowest BCUT2D eigenvalue weighted by Gasteiger charge is -2.31. The Bertz CT molecular complexity index is 1180. The van der Waals surface area contributed by atoms with Crippen LogP contribution in [0.2, 0.25) is 0 Å². The van der Waals surface area contributed by atoms with Crippen molar-refractivity contribution < 1.29 is 12.9 Å². The highest BCUT2D eigenvalue weighted by Gasteiger charge is 2.34. The average Bonchev–Trinajstić information content (AvgIpc) is 3.23. The molecule has 0 amide bonds. The molecular weight excluding hydrogens is 410 g/mol. The molecule has 0 radical (unpaired) electrons. The van der Waals surface area contributed by atoms with Gasteiger partial charge in [-0.1, -0.05) is 28.9 Å². The fourth-order valence-corrected chi connectivity index (χ4v) is 6.31. The molecule has 0 N–H and O–H groups in total. The topological polar surface area (TPSA) is 76.3 Å². The molecule has 7 heteroatoms. The summed E-state index contributed by atoms with van der Waals surface area (Å²) >= 11 is 0. The minimum absolute atomic E-state index is 0.0934. The van der Waals surface area contributed by atoms with Crippen LogP contribution in [0.1, 0.15) is 52.4 Å². The van der Waals surface area contributed by atoms with E-state index >= 15 is 0 Å². The molecule has 0 aliphatic carbocycles. The highest BCUT2D eigenvalue weighted by molar-refractivity contribution is 7.89. The van der Waals surface area contributed by atoms with Gasteiger partial charge in [-0.3, -0.25) is 0 Å². The first-order chi connectivity index (χ1) is 14.7. The van der Waals surface area contributed by atoms with Gasteiger partial charge in [0.25, 0.3) is 5.89 Å². The van der Waals surface area contributed by atoms with E-state index in [0.29, 0.717) is 42.5 Å². The van der Waals surface area contributed by atoms with Crippen molar-refractivity contribution in [3.8, 4) is 11.5 Å². The highest BCUT2D eigenvalue weighted by atomic mass is 32.2. The lowest BCUT2D eigenvalue weighted by Crippen LogP contribution is -2.38. The molecule has 0 unspecified atom stereocenters. The second-order valence-corrected chi connectivity index (χ2v) is 10.5. The normalized spacial score (nSPS) is 16.0. The van der Waals surface area contributed by atoms with Crippen LogP contribution in [0.5, 0.6) is 0 Å². The number of aromatic nitrogens is 2. The second kappa shape index (κ2) is 8.20. The zero-order chi connectivity index (χ0) is 22.3. The van der Waals surface area contributed by atoms with Crippen LogP contribution in [0.25, 0.3) is 11.5 Å². The van der Waals surface area contributed by atoms with Crippen LogP contribution in [-0.2, 0) is 10.0 Å². The van der Waals surface area contributed by atoms with E-state index in [1.54, 1.807) is 4.31 Å². The maximum absolute atomic E-state index is 13.5. The number of rotatable bonds is 4. The SMILES string of the molecule is Cc1ccc(-c2nc(C3CCN(S(=O)(=O)c4c(C)c(C)cc(C)c4C)CC3)no2)cc1. The molecule has 3 aromatic rings. The summed E-state index contributed by atoms with van der Waals surface area (Å²) < 4.78 is 34.0. The van der Waals surface area contributed by atoms with Gasteiger partial charge in [0.1, 0.15) is 0 Å². The van der Waals surface area contributed by atoms with E-state index in [1.165, 1.54) is 5.56 Å². The summed E-state index contributed by atoms with van der Waals surface area (Å²) in [6.07, 6.45) is 1.35. The molecule has 164 valence electrons. The smallest absolute Gasteiger partial charge is 0.257 e. The van der Waals surface area contributed by atoms with Crippen molar-refractivity contribution in [2.24, 2.45) is 0 Å². The maximum atomic E-state index is 13.5. The zero-order valence-electron chi connectivity index (χ0n) is 18.8. The summed E-state index contributed by atoms with van der Waals surface area (Å²) in [5.74, 6) is 1.26. The number of sulfonamides is 1. The van der Waals surface area contributed by atoms with Crippen LogP contribution in [-0.4, -0.2) is 36.0 Å². The monoisotopic (exact) mass is 439 g/mol. The Labute approximate surface area is 184 Å². The first kappa shape index (κ1) is 21.7. The van der Waals surface area contributed by atoms with Gasteiger partial charge < -0.3 is 4.52 Å². The molecule has 1 aliphatic heterocycles. The van der Waals surface area contributed by atoms with Gasteiger partial charge in [0.05, 0.1) is 4.90 Å². The maximum Gasteiger partial charge on any atom is 0.257 e. The largest absolute Gasteiger partial charge is 0.334 e. The fraction of sp³-hybridized carbons (Fsp3) is 0.417. The van der Waals surface area contributed by atoms with Gasteiger partial charge >= 0.3 is 0 Å². The fourth-order valence-electron chi connectivity index (χ4n) is 4.27. The highest BCUT2D eigenvalue weighted by Crippen LogP contribution is 2.33. The van der Waals surface area contributed by atoms with E-state index in [0.717, 1.165) is 27.8 Å². The van der Waals surface area contributed by atoms with Crippen molar-refractivity contribution >= 4 is 10.0 Å². The minimum atomic E-state index is -3.55. The van der Waals surface area contributed by atoms with Crippen LogP contribution >= 0.6 is 0 Å². The van der Waals surface area contributed by atoms with Crippen LogP contribution in [0.15, 0.2) is 39.8 Å². The molecule has 0 atom stereocenters. The Morgan fingerprint density at radius 1 is 0.935 bits per heavy atom. The summed E-state index contributed by atoms with van der Waals surface area (Å²) in [6, 6.07) is 10.0. The molecule has 1 aromatic heterocycles. The van der Waals surface area contributed by atoms with Gasteiger partial charge in [0, 0.05) is 24.6 Å². The first-order valence-electron chi connectivity index (χ1n) is 10.7. The summed E-state index contributed by atoms with van der Waals surface area (Å²) in [7, 11) is -3.55. The van der Waals surface area contributed by atoms with Crippen LogP contribution < -0.4 is 0 Å². The number of hydrogen-bond acceptors (Lipinski definition) is 5. The molecule has 1 saturated heterocycles. The van der Waals surface area contributed by atoms with Crippen molar-refractivity contribution in [3.05, 3.63) is 64.0 Å². The Kier molecular flexibility index (Phi) is 5.75. The van der Waals surface area contributed by atoms with Gasteiger partial charge in [0.15, 0.2) is 5.82 Å². The lowest BCUT2D eigenvalue weighted by molar-refractivity contribution is 0.307. The molecule has 2 aromatic carbocycles. The van der Waals surface area contributed by atoms with Gasteiger partial charge in [-0.2, -0.15) is 9.29 Å². The quantitative estimate of drug-likeness (QED) is 0.581.